The Hall–Kier alpha value is -1.95. The van der Waals surface area contributed by atoms with Crippen LogP contribution >= 0.6 is 0 Å². The van der Waals surface area contributed by atoms with E-state index in [0.29, 0.717) is 24.1 Å². The summed E-state index contributed by atoms with van der Waals surface area (Å²) in [5, 5.41) is 7.77. The van der Waals surface area contributed by atoms with Crippen LogP contribution in [-0.4, -0.2) is 52.1 Å². The summed E-state index contributed by atoms with van der Waals surface area (Å²) in [6.45, 7) is 4.09. The van der Waals surface area contributed by atoms with Crippen molar-refractivity contribution in [2.45, 2.75) is 51.2 Å². The first-order chi connectivity index (χ1) is 11.1. The molecule has 0 aliphatic carbocycles. The van der Waals surface area contributed by atoms with Crippen LogP contribution in [0.5, 0.6) is 0 Å². The third kappa shape index (κ3) is 2.32. The van der Waals surface area contributed by atoms with Gasteiger partial charge in [0.1, 0.15) is 5.82 Å². The van der Waals surface area contributed by atoms with E-state index in [0.717, 1.165) is 28.1 Å². The summed E-state index contributed by atoms with van der Waals surface area (Å²) >= 11 is 0. The highest BCUT2D eigenvalue weighted by Gasteiger charge is 2.44. The Balaban J connectivity index is 1.71. The van der Waals surface area contributed by atoms with E-state index in [9.17, 15) is 0 Å². The molecule has 2 aromatic heterocycles. The van der Waals surface area contributed by atoms with Crippen molar-refractivity contribution < 1.29 is 0 Å². The molecule has 3 atom stereocenters. The van der Waals surface area contributed by atoms with Crippen LogP contribution in [0.1, 0.15) is 30.5 Å². The van der Waals surface area contributed by atoms with Crippen molar-refractivity contribution in [1.29, 1.82) is 0 Å². The maximum Gasteiger partial charge on any atom is 0.227 e. The van der Waals surface area contributed by atoms with Gasteiger partial charge in [-0.2, -0.15) is 9.97 Å². The smallest absolute Gasteiger partial charge is 0.227 e. The van der Waals surface area contributed by atoms with Gasteiger partial charge >= 0.3 is 0 Å². The van der Waals surface area contributed by atoms with Crippen molar-refractivity contribution >= 4 is 22.8 Å². The lowest BCUT2D eigenvalue weighted by Crippen LogP contribution is -2.35. The van der Waals surface area contributed by atoms with E-state index in [1.165, 1.54) is 19.3 Å². The van der Waals surface area contributed by atoms with Crippen LogP contribution in [-0.2, 0) is 0 Å². The fourth-order valence-corrected chi connectivity index (χ4v) is 4.30. The van der Waals surface area contributed by atoms with Gasteiger partial charge in [0.05, 0.1) is 5.39 Å². The van der Waals surface area contributed by atoms with E-state index in [-0.39, 0.29) is 0 Å². The number of fused-ring (bicyclic) bond motifs is 3. The molecule has 23 heavy (non-hydrogen) atoms. The zero-order chi connectivity index (χ0) is 16.1. The molecule has 2 fully saturated rings. The van der Waals surface area contributed by atoms with Gasteiger partial charge < -0.3 is 10.6 Å². The van der Waals surface area contributed by atoms with Crippen LogP contribution in [0.4, 0.5) is 11.8 Å². The molecule has 0 amide bonds. The van der Waals surface area contributed by atoms with Gasteiger partial charge in [0.25, 0.3) is 0 Å². The Morgan fingerprint density at radius 1 is 1.17 bits per heavy atom. The first kappa shape index (κ1) is 14.6. The predicted octanol–water partition coefficient (Wildman–Crippen LogP) is 2.33. The number of pyridine rings is 1. The van der Waals surface area contributed by atoms with Crippen molar-refractivity contribution in [3.63, 3.8) is 0 Å². The molecule has 2 aliphatic heterocycles. The zero-order valence-electron chi connectivity index (χ0n) is 14.2. The maximum absolute atomic E-state index is 4.69. The highest BCUT2D eigenvalue weighted by atomic mass is 15.3. The zero-order valence-corrected chi connectivity index (χ0v) is 14.2. The van der Waals surface area contributed by atoms with E-state index in [4.69, 9.17) is 4.98 Å². The summed E-state index contributed by atoms with van der Waals surface area (Å²) in [6.07, 6.45) is 3.76. The first-order valence-corrected chi connectivity index (χ1v) is 8.39. The summed E-state index contributed by atoms with van der Waals surface area (Å²) < 4.78 is 0. The molecule has 6 nitrogen and oxygen atoms in total. The average molecular weight is 312 g/mol. The quantitative estimate of drug-likeness (QED) is 0.907. The maximum atomic E-state index is 4.69. The van der Waals surface area contributed by atoms with Crippen LogP contribution in [0.2, 0.25) is 0 Å². The van der Waals surface area contributed by atoms with Gasteiger partial charge in [0.15, 0.2) is 5.65 Å². The Morgan fingerprint density at radius 2 is 2.00 bits per heavy atom. The molecule has 0 spiro atoms. The molecule has 6 heteroatoms. The predicted molar refractivity (Wildman–Crippen MR) is 93.0 cm³/mol. The monoisotopic (exact) mass is 312 g/mol. The molecule has 0 aromatic carbocycles. The van der Waals surface area contributed by atoms with Gasteiger partial charge in [0.2, 0.25) is 5.95 Å². The highest BCUT2D eigenvalue weighted by Crippen LogP contribution is 2.37. The molecule has 2 aliphatic rings. The summed E-state index contributed by atoms with van der Waals surface area (Å²) in [4.78, 5) is 16.5. The lowest BCUT2D eigenvalue weighted by molar-refractivity contribution is 0.310. The highest BCUT2D eigenvalue weighted by molar-refractivity contribution is 5.90. The molecule has 4 rings (SSSR count). The van der Waals surface area contributed by atoms with E-state index in [1.54, 1.807) is 0 Å². The molecular weight excluding hydrogens is 288 g/mol. The number of nitrogens with zero attached hydrogens (tertiary/aromatic N) is 4. The average Bonchev–Trinajstić information content (AvgIpc) is 3.00. The van der Waals surface area contributed by atoms with Crippen molar-refractivity contribution in [3.05, 3.63) is 17.3 Å². The van der Waals surface area contributed by atoms with Crippen LogP contribution in [0.25, 0.3) is 11.0 Å². The standard InChI is InChI=1S/C17H24N6/c1-9-7-10(2)19-16-14(9)15(18-3)21-17(22-16)20-12-8-11-5-6-13(12)23(11)4/h7,11-13H,5-6,8H2,1-4H3,(H2,18,19,20,21,22)/t11-,12+,13+/m1/s1. The Bertz CT molecular complexity index is 758. The minimum Gasteiger partial charge on any atom is -0.372 e. The second-order valence-electron chi connectivity index (χ2n) is 6.88. The van der Waals surface area contributed by atoms with Gasteiger partial charge in [-0.15, -0.1) is 0 Å². The molecule has 0 radical (unpaired) electrons. The number of hydrogen-bond acceptors (Lipinski definition) is 6. The normalized spacial score (nSPS) is 26.9. The third-order valence-corrected chi connectivity index (χ3v) is 5.43. The van der Waals surface area contributed by atoms with Crippen molar-refractivity contribution in [1.82, 2.24) is 19.9 Å². The van der Waals surface area contributed by atoms with Gasteiger partial charge in [-0.1, -0.05) is 0 Å². The van der Waals surface area contributed by atoms with E-state index >= 15 is 0 Å². The number of rotatable bonds is 3. The van der Waals surface area contributed by atoms with Crippen molar-refractivity contribution in [2.24, 2.45) is 0 Å². The second kappa shape index (κ2) is 5.30. The van der Waals surface area contributed by atoms with Gasteiger partial charge in [-0.05, 0) is 51.8 Å². The molecule has 0 saturated carbocycles. The van der Waals surface area contributed by atoms with Crippen molar-refractivity contribution in [3.8, 4) is 0 Å². The second-order valence-corrected chi connectivity index (χ2v) is 6.88. The summed E-state index contributed by atoms with van der Waals surface area (Å²) in [5.74, 6) is 1.53. The molecule has 0 unspecified atom stereocenters. The summed E-state index contributed by atoms with van der Waals surface area (Å²) in [7, 11) is 4.13. The minimum absolute atomic E-state index is 0.437. The van der Waals surface area contributed by atoms with Crippen LogP contribution in [0.15, 0.2) is 6.07 Å². The summed E-state index contributed by atoms with van der Waals surface area (Å²) in [6, 6.07) is 3.82. The number of aromatic nitrogens is 3. The molecule has 4 heterocycles. The number of nitrogens with one attached hydrogen (secondary N) is 2. The fraction of sp³-hybridized carbons (Fsp3) is 0.588. The molecule has 122 valence electrons. The molecular formula is C17H24N6. The lowest BCUT2D eigenvalue weighted by atomic mass is 9.96. The topological polar surface area (TPSA) is 66.0 Å². The molecule has 2 N–H and O–H groups in total. The Kier molecular flexibility index (Phi) is 3.37. The Labute approximate surface area is 136 Å². The van der Waals surface area contributed by atoms with Crippen molar-refractivity contribution in [2.75, 3.05) is 24.7 Å². The number of hydrogen-bond donors (Lipinski definition) is 2. The molecule has 2 bridgehead atoms. The number of aryl methyl sites for hydroxylation is 2. The lowest BCUT2D eigenvalue weighted by Gasteiger charge is -2.23. The van der Waals surface area contributed by atoms with Gasteiger partial charge in [-0.25, -0.2) is 4.98 Å². The summed E-state index contributed by atoms with van der Waals surface area (Å²) in [5.41, 5.74) is 2.91. The Morgan fingerprint density at radius 3 is 2.65 bits per heavy atom. The van der Waals surface area contributed by atoms with E-state index in [1.807, 2.05) is 14.0 Å². The van der Waals surface area contributed by atoms with Crippen LogP contribution in [0, 0.1) is 13.8 Å². The third-order valence-electron chi connectivity index (χ3n) is 5.43. The van der Waals surface area contributed by atoms with Crippen LogP contribution < -0.4 is 10.6 Å². The van der Waals surface area contributed by atoms with Gasteiger partial charge in [-0.3, -0.25) is 4.90 Å². The van der Waals surface area contributed by atoms with Crippen LogP contribution in [0.3, 0.4) is 0 Å². The van der Waals surface area contributed by atoms with Gasteiger partial charge in [0, 0.05) is 30.9 Å². The number of likely N-dealkylation sites (N-methyl/N-ethyl adjacent to an activating group) is 1. The fourth-order valence-electron chi connectivity index (χ4n) is 4.30. The molecule has 2 saturated heterocycles. The van der Waals surface area contributed by atoms with E-state index in [2.05, 4.69) is 45.5 Å². The minimum atomic E-state index is 0.437. The van der Waals surface area contributed by atoms with E-state index < -0.39 is 0 Å². The SMILES string of the molecule is CNc1nc(N[C@H]2C[C@H]3CC[C@@H]2N3C)nc2nc(C)cc(C)c12. The number of anilines is 2. The largest absolute Gasteiger partial charge is 0.372 e. The molecule has 2 aromatic rings. The first-order valence-electron chi connectivity index (χ1n) is 8.39.